The summed E-state index contributed by atoms with van der Waals surface area (Å²) in [6.45, 7) is 5.53. The molecule has 22 heavy (non-hydrogen) atoms. The van der Waals surface area contributed by atoms with Gasteiger partial charge >= 0.3 is 0 Å². The highest BCUT2D eigenvalue weighted by Crippen LogP contribution is 2.25. The molecule has 1 fully saturated rings. The van der Waals surface area contributed by atoms with Crippen molar-refractivity contribution in [2.24, 2.45) is 10.9 Å². The van der Waals surface area contributed by atoms with Gasteiger partial charge in [-0.1, -0.05) is 13.0 Å². The molecule has 1 aromatic heterocycles. The lowest BCUT2D eigenvalue weighted by Gasteiger charge is -2.17. The van der Waals surface area contributed by atoms with Crippen LogP contribution < -0.4 is 0 Å². The van der Waals surface area contributed by atoms with Crippen LogP contribution in [-0.4, -0.2) is 47.1 Å². The molecule has 2 aliphatic heterocycles. The molecule has 2 aliphatic rings. The monoisotopic (exact) mass is 296 g/mol. The average Bonchev–Trinajstić information content (AvgIpc) is 3.13. The minimum atomic E-state index is 0.522. The molecule has 3 heterocycles. The molecule has 0 radical (unpaired) electrons. The van der Waals surface area contributed by atoms with Crippen LogP contribution in [0.5, 0.6) is 0 Å². The van der Waals surface area contributed by atoms with Crippen molar-refractivity contribution in [1.82, 2.24) is 14.7 Å². The van der Waals surface area contributed by atoms with Gasteiger partial charge in [-0.25, -0.2) is 0 Å². The third-order valence-electron chi connectivity index (χ3n) is 5.06. The van der Waals surface area contributed by atoms with E-state index in [1.807, 2.05) is 0 Å². The standard InChI is InChI=1S/C18H24N4/c1-13-3-5-17(19-10-13)14-4-6-18-15(9-14)11-22(20-18)16-7-8-21(2)12-16/h4,6,9,11,13,16H,3,5,7-8,10,12H2,1-2H3/t13-,16?/m0/s1. The van der Waals surface area contributed by atoms with Crippen molar-refractivity contribution in [3.8, 4) is 0 Å². The lowest BCUT2D eigenvalue weighted by atomic mass is 9.95. The summed E-state index contributed by atoms with van der Waals surface area (Å²) in [6.07, 6.45) is 5.77. The molecule has 0 N–H and O–H groups in total. The fourth-order valence-corrected chi connectivity index (χ4v) is 3.59. The predicted molar refractivity (Wildman–Crippen MR) is 90.7 cm³/mol. The highest BCUT2D eigenvalue weighted by atomic mass is 15.3. The molecule has 4 nitrogen and oxygen atoms in total. The molecule has 116 valence electrons. The second-order valence-electron chi connectivity index (χ2n) is 7.02. The second-order valence-corrected chi connectivity index (χ2v) is 7.02. The van der Waals surface area contributed by atoms with Crippen LogP contribution in [0.4, 0.5) is 0 Å². The Balaban J connectivity index is 1.64. The third kappa shape index (κ3) is 2.56. The molecule has 2 atom stereocenters. The quantitative estimate of drug-likeness (QED) is 0.853. The number of aromatic nitrogens is 2. The van der Waals surface area contributed by atoms with E-state index < -0.39 is 0 Å². The summed E-state index contributed by atoms with van der Waals surface area (Å²) in [4.78, 5) is 7.14. The van der Waals surface area contributed by atoms with Crippen LogP contribution in [0, 0.1) is 5.92 Å². The number of hydrogen-bond donors (Lipinski definition) is 0. The number of nitrogens with zero attached hydrogens (tertiary/aromatic N) is 4. The molecule has 0 amide bonds. The first kappa shape index (κ1) is 13.9. The first-order valence-corrected chi connectivity index (χ1v) is 8.40. The Kier molecular flexibility index (Phi) is 3.49. The van der Waals surface area contributed by atoms with Crippen LogP contribution in [0.2, 0.25) is 0 Å². The van der Waals surface area contributed by atoms with Crippen molar-refractivity contribution < 1.29 is 0 Å². The molecule has 1 aromatic carbocycles. The van der Waals surface area contributed by atoms with Crippen molar-refractivity contribution >= 4 is 16.6 Å². The molecule has 1 unspecified atom stereocenters. The van der Waals surface area contributed by atoms with Gasteiger partial charge in [0, 0.05) is 30.4 Å². The molecule has 4 rings (SSSR count). The Bertz CT molecular complexity index is 715. The van der Waals surface area contributed by atoms with E-state index >= 15 is 0 Å². The number of likely N-dealkylation sites (tertiary alicyclic amines) is 1. The molecular weight excluding hydrogens is 272 g/mol. The Morgan fingerprint density at radius 1 is 1.23 bits per heavy atom. The average molecular weight is 296 g/mol. The SMILES string of the molecule is C[C@H]1CCC(c2ccc3nn(C4CCN(C)C4)cc3c2)=NC1. The third-order valence-corrected chi connectivity index (χ3v) is 5.06. The molecule has 0 saturated carbocycles. The fourth-order valence-electron chi connectivity index (χ4n) is 3.59. The van der Waals surface area contributed by atoms with Crippen molar-refractivity contribution in [3.63, 3.8) is 0 Å². The van der Waals surface area contributed by atoms with Gasteiger partial charge in [-0.2, -0.15) is 5.10 Å². The van der Waals surface area contributed by atoms with Gasteiger partial charge in [0.05, 0.1) is 11.6 Å². The van der Waals surface area contributed by atoms with Crippen LogP contribution in [0.25, 0.3) is 10.9 Å². The Labute approximate surface area is 131 Å². The van der Waals surface area contributed by atoms with E-state index in [9.17, 15) is 0 Å². The molecule has 0 aliphatic carbocycles. The van der Waals surface area contributed by atoms with Gasteiger partial charge in [0.15, 0.2) is 0 Å². The molecule has 1 saturated heterocycles. The van der Waals surface area contributed by atoms with Crippen LogP contribution in [0.1, 0.15) is 37.8 Å². The summed E-state index contributed by atoms with van der Waals surface area (Å²) in [6, 6.07) is 7.14. The molecule has 0 spiro atoms. The fraction of sp³-hybridized carbons (Fsp3) is 0.556. The number of hydrogen-bond acceptors (Lipinski definition) is 3. The summed E-state index contributed by atoms with van der Waals surface area (Å²) < 4.78 is 2.17. The van der Waals surface area contributed by atoms with E-state index in [4.69, 9.17) is 10.1 Å². The van der Waals surface area contributed by atoms with Crippen LogP contribution in [0.15, 0.2) is 29.4 Å². The van der Waals surface area contributed by atoms with Crippen LogP contribution in [-0.2, 0) is 0 Å². The summed E-state index contributed by atoms with van der Waals surface area (Å²) in [5.41, 5.74) is 3.65. The van der Waals surface area contributed by atoms with E-state index in [-0.39, 0.29) is 0 Å². The predicted octanol–water partition coefficient (Wildman–Crippen LogP) is 3.13. The van der Waals surface area contributed by atoms with E-state index in [0.29, 0.717) is 6.04 Å². The van der Waals surface area contributed by atoms with Gasteiger partial charge in [0.25, 0.3) is 0 Å². The highest BCUT2D eigenvalue weighted by Gasteiger charge is 2.22. The number of fused-ring (bicyclic) bond motifs is 1. The topological polar surface area (TPSA) is 33.4 Å². The van der Waals surface area contributed by atoms with E-state index in [2.05, 4.69) is 47.9 Å². The van der Waals surface area contributed by atoms with Crippen molar-refractivity contribution in [2.75, 3.05) is 26.7 Å². The van der Waals surface area contributed by atoms with Crippen molar-refractivity contribution in [1.29, 1.82) is 0 Å². The Morgan fingerprint density at radius 3 is 2.86 bits per heavy atom. The van der Waals surface area contributed by atoms with Gasteiger partial charge in [-0.3, -0.25) is 9.67 Å². The number of aliphatic imine (C=N–C) groups is 1. The highest BCUT2D eigenvalue weighted by molar-refractivity contribution is 6.03. The van der Waals surface area contributed by atoms with Crippen molar-refractivity contribution in [2.45, 2.75) is 32.2 Å². The largest absolute Gasteiger partial charge is 0.304 e. The summed E-state index contributed by atoms with van der Waals surface area (Å²) in [5.74, 6) is 0.731. The molecule has 4 heteroatoms. The zero-order valence-electron chi connectivity index (χ0n) is 13.5. The summed E-state index contributed by atoms with van der Waals surface area (Å²) in [5, 5.41) is 6.02. The molecule has 0 bridgehead atoms. The lowest BCUT2D eigenvalue weighted by Crippen LogP contribution is -2.16. The first-order valence-electron chi connectivity index (χ1n) is 8.40. The van der Waals surface area contributed by atoms with Gasteiger partial charge in [-0.05, 0) is 56.5 Å². The Morgan fingerprint density at radius 2 is 2.14 bits per heavy atom. The number of likely N-dealkylation sites (N-methyl/N-ethyl adjacent to an activating group) is 1. The van der Waals surface area contributed by atoms with E-state index in [1.165, 1.54) is 36.0 Å². The zero-order chi connectivity index (χ0) is 15.1. The zero-order valence-corrected chi connectivity index (χ0v) is 13.5. The van der Waals surface area contributed by atoms with Gasteiger partial charge in [0.2, 0.25) is 0 Å². The minimum absolute atomic E-state index is 0.522. The lowest BCUT2D eigenvalue weighted by molar-refractivity contribution is 0.383. The van der Waals surface area contributed by atoms with E-state index in [0.717, 1.165) is 30.9 Å². The normalized spacial score (nSPS) is 26.5. The Hall–Kier alpha value is -1.68. The first-order chi connectivity index (χ1) is 10.7. The van der Waals surface area contributed by atoms with Crippen LogP contribution >= 0.6 is 0 Å². The maximum absolute atomic E-state index is 4.78. The minimum Gasteiger partial charge on any atom is -0.304 e. The smallest absolute Gasteiger partial charge is 0.0923 e. The molecular formula is C18H24N4. The molecule has 2 aromatic rings. The maximum Gasteiger partial charge on any atom is 0.0923 e. The summed E-state index contributed by atoms with van der Waals surface area (Å²) >= 11 is 0. The van der Waals surface area contributed by atoms with Gasteiger partial charge in [0.1, 0.15) is 0 Å². The van der Waals surface area contributed by atoms with Gasteiger partial charge < -0.3 is 4.90 Å². The van der Waals surface area contributed by atoms with E-state index in [1.54, 1.807) is 0 Å². The van der Waals surface area contributed by atoms with Crippen LogP contribution in [0.3, 0.4) is 0 Å². The summed E-state index contributed by atoms with van der Waals surface area (Å²) in [7, 11) is 2.18. The van der Waals surface area contributed by atoms with Crippen molar-refractivity contribution in [3.05, 3.63) is 30.0 Å². The van der Waals surface area contributed by atoms with Gasteiger partial charge in [-0.15, -0.1) is 0 Å². The number of benzene rings is 1. The second kappa shape index (κ2) is 5.51. The number of rotatable bonds is 2. The maximum atomic E-state index is 4.78.